The molecule has 1 N–H and O–H groups in total. The maximum Gasteiger partial charge on any atom is 0.389 e. The molecule has 0 bridgehead atoms. The predicted octanol–water partition coefficient (Wildman–Crippen LogP) is 4.35. The summed E-state index contributed by atoms with van der Waals surface area (Å²) in [4.78, 5) is 2.34. The van der Waals surface area contributed by atoms with Gasteiger partial charge in [0.15, 0.2) is 0 Å². The van der Waals surface area contributed by atoms with Gasteiger partial charge in [0.25, 0.3) is 0 Å². The van der Waals surface area contributed by atoms with Gasteiger partial charge in [0.1, 0.15) is 0 Å². The molecule has 0 spiro atoms. The van der Waals surface area contributed by atoms with Crippen LogP contribution in [0.1, 0.15) is 66.2 Å². The number of nitrogens with one attached hydrogen (secondary N) is 1. The van der Waals surface area contributed by atoms with Gasteiger partial charge in [0.05, 0.1) is 0 Å². The van der Waals surface area contributed by atoms with Crippen molar-refractivity contribution >= 4 is 0 Å². The third kappa shape index (κ3) is 4.59. The molecule has 126 valence electrons. The molecule has 1 rings (SSSR count). The van der Waals surface area contributed by atoms with Crippen LogP contribution in [0.5, 0.6) is 0 Å². The highest BCUT2D eigenvalue weighted by Crippen LogP contribution is 2.33. The molecule has 21 heavy (non-hydrogen) atoms. The van der Waals surface area contributed by atoms with E-state index in [-0.39, 0.29) is 17.5 Å². The Morgan fingerprint density at radius 1 is 1.00 bits per heavy atom. The van der Waals surface area contributed by atoms with E-state index in [0.29, 0.717) is 6.54 Å². The van der Waals surface area contributed by atoms with E-state index in [1.54, 1.807) is 0 Å². The fraction of sp³-hybridized carbons (Fsp3) is 1.00. The van der Waals surface area contributed by atoms with E-state index in [9.17, 15) is 13.2 Å². The fourth-order valence-corrected chi connectivity index (χ4v) is 3.51. The first-order chi connectivity index (χ1) is 9.76. The molecule has 1 fully saturated rings. The third-order valence-corrected chi connectivity index (χ3v) is 5.51. The van der Waals surface area contributed by atoms with Gasteiger partial charge in [0.2, 0.25) is 0 Å². The van der Waals surface area contributed by atoms with Gasteiger partial charge < -0.3 is 5.32 Å². The average Bonchev–Trinajstić information content (AvgIpc) is 2.46. The molecule has 0 saturated carbocycles. The van der Waals surface area contributed by atoms with Crippen LogP contribution in [-0.4, -0.2) is 41.8 Å². The summed E-state index contributed by atoms with van der Waals surface area (Å²) in [5.41, 5.74) is 0.0749. The fourth-order valence-electron chi connectivity index (χ4n) is 3.51. The van der Waals surface area contributed by atoms with Crippen LogP contribution >= 0.6 is 0 Å². The molecule has 2 nitrogen and oxygen atoms in total. The number of alkyl halides is 3. The molecule has 0 aromatic heterocycles. The summed E-state index contributed by atoms with van der Waals surface area (Å²) in [6.45, 7) is 10.9. The molecule has 5 heteroatoms. The second-order valence-electron chi connectivity index (χ2n) is 6.41. The minimum Gasteiger partial charge on any atom is -0.308 e. The molecule has 0 aliphatic carbocycles. The average molecular weight is 308 g/mol. The van der Waals surface area contributed by atoms with Crippen molar-refractivity contribution in [2.45, 2.75) is 83.5 Å². The van der Waals surface area contributed by atoms with Gasteiger partial charge in [-0.2, -0.15) is 13.2 Å². The zero-order valence-corrected chi connectivity index (χ0v) is 13.9. The lowest BCUT2D eigenvalue weighted by Gasteiger charge is -2.54. The Balaban J connectivity index is 2.79. The summed E-state index contributed by atoms with van der Waals surface area (Å²) in [7, 11) is 0. The van der Waals surface area contributed by atoms with Gasteiger partial charge >= 0.3 is 6.18 Å². The number of hydrogen-bond donors (Lipinski definition) is 1. The molecule has 1 heterocycles. The Morgan fingerprint density at radius 3 is 2.00 bits per heavy atom. The van der Waals surface area contributed by atoms with Crippen molar-refractivity contribution in [1.82, 2.24) is 10.2 Å². The van der Waals surface area contributed by atoms with Gasteiger partial charge in [-0.15, -0.1) is 0 Å². The summed E-state index contributed by atoms with van der Waals surface area (Å²) < 4.78 is 37.3. The van der Waals surface area contributed by atoms with Crippen molar-refractivity contribution in [2.75, 3.05) is 19.6 Å². The molecule has 1 aliphatic rings. The van der Waals surface area contributed by atoms with E-state index < -0.39 is 12.6 Å². The van der Waals surface area contributed by atoms with E-state index in [1.807, 2.05) is 0 Å². The topological polar surface area (TPSA) is 15.3 Å². The molecule has 1 aliphatic heterocycles. The van der Waals surface area contributed by atoms with Gasteiger partial charge in [0, 0.05) is 30.6 Å². The van der Waals surface area contributed by atoms with Gasteiger partial charge in [-0.3, -0.25) is 4.90 Å². The molecule has 0 radical (unpaired) electrons. The Labute approximate surface area is 127 Å². The van der Waals surface area contributed by atoms with Crippen molar-refractivity contribution in [1.29, 1.82) is 0 Å². The lowest BCUT2D eigenvalue weighted by molar-refractivity contribution is -0.137. The highest BCUT2D eigenvalue weighted by Gasteiger charge is 2.44. The second-order valence-corrected chi connectivity index (χ2v) is 6.41. The quantitative estimate of drug-likeness (QED) is 0.752. The highest BCUT2D eigenvalue weighted by molar-refractivity contribution is 5.03. The van der Waals surface area contributed by atoms with Crippen molar-refractivity contribution in [3.8, 4) is 0 Å². The largest absolute Gasteiger partial charge is 0.389 e. The lowest BCUT2D eigenvalue weighted by atomic mass is 9.80. The van der Waals surface area contributed by atoms with Gasteiger partial charge in [-0.1, -0.05) is 27.7 Å². The van der Waals surface area contributed by atoms with Crippen LogP contribution in [0.15, 0.2) is 0 Å². The smallest absolute Gasteiger partial charge is 0.308 e. The van der Waals surface area contributed by atoms with Crippen molar-refractivity contribution in [2.24, 2.45) is 0 Å². The number of hydrogen-bond acceptors (Lipinski definition) is 2. The minimum absolute atomic E-state index is 0.0133. The monoisotopic (exact) mass is 308 g/mol. The van der Waals surface area contributed by atoms with Gasteiger partial charge in [-0.05, 0) is 38.6 Å². The molecule has 0 atom stereocenters. The van der Waals surface area contributed by atoms with Crippen molar-refractivity contribution < 1.29 is 13.2 Å². The standard InChI is InChI=1S/C16H31F3N2/c1-5-14(6-2)13-21(11-9-10-16(17,18)19)15(7-3,8-4)12-20-14/h20H,5-13H2,1-4H3. The lowest BCUT2D eigenvalue weighted by Crippen LogP contribution is -2.69. The number of piperazine rings is 1. The summed E-state index contributed by atoms with van der Waals surface area (Å²) in [6, 6.07) is 0. The first-order valence-electron chi connectivity index (χ1n) is 8.33. The summed E-state index contributed by atoms with van der Waals surface area (Å²) in [5.74, 6) is 0. The Bertz CT molecular complexity index is 307. The zero-order chi connectivity index (χ0) is 16.1. The first-order valence-corrected chi connectivity index (χ1v) is 8.33. The third-order valence-electron chi connectivity index (χ3n) is 5.51. The molecular weight excluding hydrogens is 277 g/mol. The molecule has 1 saturated heterocycles. The van der Waals surface area contributed by atoms with Crippen LogP contribution in [0.2, 0.25) is 0 Å². The van der Waals surface area contributed by atoms with Gasteiger partial charge in [-0.25, -0.2) is 0 Å². The molecular formula is C16H31F3N2. The molecule has 0 amide bonds. The predicted molar refractivity (Wildman–Crippen MR) is 81.5 cm³/mol. The van der Waals surface area contributed by atoms with E-state index in [0.717, 1.165) is 38.8 Å². The number of rotatable bonds is 7. The van der Waals surface area contributed by atoms with E-state index in [2.05, 4.69) is 37.9 Å². The maximum atomic E-state index is 12.4. The van der Waals surface area contributed by atoms with Crippen molar-refractivity contribution in [3.63, 3.8) is 0 Å². The van der Waals surface area contributed by atoms with Crippen LogP contribution in [0, 0.1) is 0 Å². The van der Waals surface area contributed by atoms with Crippen LogP contribution in [-0.2, 0) is 0 Å². The summed E-state index contributed by atoms with van der Waals surface area (Å²) in [5, 5.41) is 3.70. The minimum atomic E-state index is -4.04. The number of nitrogens with zero attached hydrogens (tertiary/aromatic N) is 1. The summed E-state index contributed by atoms with van der Waals surface area (Å²) in [6.07, 6.45) is -0.522. The first kappa shape index (κ1) is 18.8. The zero-order valence-electron chi connectivity index (χ0n) is 13.9. The summed E-state index contributed by atoms with van der Waals surface area (Å²) >= 11 is 0. The second kappa shape index (κ2) is 7.32. The normalized spacial score (nSPS) is 22.4. The van der Waals surface area contributed by atoms with E-state index in [1.165, 1.54) is 0 Å². The van der Waals surface area contributed by atoms with E-state index >= 15 is 0 Å². The van der Waals surface area contributed by atoms with Crippen LogP contribution < -0.4 is 5.32 Å². The molecule has 0 unspecified atom stereocenters. The number of halogens is 3. The van der Waals surface area contributed by atoms with Crippen molar-refractivity contribution in [3.05, 3.63) is 0 Å². The Morgan fingerprint density at radius 2 is 1.57 bits per heavy atom. The SMILES string of the molecule is CCC1(CC)CN(CCCC(F)(F)F)C(CC)(CC)CN1. The Hall–Kier alpha value is -0.290. The highest BCUT2D eigenvalue weighted by atomic mass is 19.4. The van der Waals surface area contributed by atoms with E-state index in [4.69, 9.17) is 0 Å². The van der Waals surface area contributed by atoms with Crippen LogP contribution in [0.4, 0.5) is 13.2 Å². The molecule has 0 aromatic rings. The maximum absolute atomic E-state index is 12.4. The van der Waals surface area contributed by atoms with Crippen LogP contribution in [0.3, 0.4) is 0 Å². The Kier molecular flexibility index (Phi) is 6.54. The van der Waals surface area contributed by atoms with Crippen LogP contribution in [0.25, 0.3) is 0 Å². The molecule has 0 aromatic carbocycles.